The molecule has 0 radical (unpaired) electrons. The maximum Gasteiger partial charge on any atom is 0.261 e. The van der Waals surface area contributed by atoms with E-state index in [1.54, 1.807) is 26.0 Å². The molecule has 0 heterocycles. The maximum absolute atomic E-state index is 11.4. The molecule has 0 aromatic heterocycles. The summed E-state index contributed by atoms with van der Waals surface area (Å²) in [6.45, 7) is 9.38. The Bertz CT molecular complexity index is 524. The highest BCUT2D eigenvalue weighted by atomic mass is 35.7. The van der Waals surface area contributed by atoms with Gasteiger partial charge in [-0.3, -0.25) is 0 Å². The van der Waals surface area contributed by atoms with Gasteiger partial charge in [0.25, 0.3) is 9.05 Å². The molecule has 0 bridgehead atoms. The summed E-state index contributed by atoms with van der Waals surface area (Å²) in [6, 6.07) is 3.32. The molecule has 0 spiro atoms. The van der Waals surface area contributed by atoms with Crippen LogP contribution in [0.5, 0.6) is 5.75 Å². The molecule has 3 nitrogen and oxygen atoms in total. The first kappa shape index (κ1) is 14.1. The van der Waals surface area contributed by atoms with E-state index in [2.05, 4.69) is 6.58 Å². The van der Waals surface area contributed by atoms with Crippen LogP contribution in [0.15, 0.2) is 29.2 Å². The Kier molecular flexibility index (Phi) is 4.22. The van der Waals surface area contributed by atoms with Crippen molar-refractivity contribution in [3.05, 3.63) is 35.4 Å². The molecule has 0 unspecified atom stereocenters. The summed E-state index contributed by atoms with van der Waals surface area (Å²) in [4.78, 5) is 0.154. The summed E-state index contributed by atoms with van der Waals surface area (Å²) in [7, 11) is 1.65. The van der Waals surface area contributed by atoms with E-state index >= 15 is 0 Å². The van der Waals surface area contributed by atoms with E-state index in [-0.39, 0.29) is 4.90 Å². The van der Waals surface area contributed by atoms with Gasteiger partial charge < -0.3 is 4.74 Å². The van der Waals surface area contributed by atoms with E-state index in [4.69, 9.17) is 15.4 Å². The minimum atomic E-state index is -3.71. The molecule has 0 saturated heterocycles. The molecule has 1 aromatic carbocycles. The molecule has 94 valence electrons. The summed E-state index contributed by atoms with van der Waals surface area (Å²) >= 11 is 0. The van der Waals surface area contributed by atoms with Crippen molar-refractivity contribution in [3.8, 4) is 5.75 Å². The predicted molar refractivity (Wildman–Crippen MR) is 69.3 cm³/mol. The van der Waals surface area contributed by atoms with Gasteiger partial charge >= 0.3 is 0 Å². The molecule has 0 aliphatic heterocycles. The zero-order valence-electron chi connectivity index (χ0n) is 10.1. The topological polar surface area (TPSA) is 43.4 Å². The van der Waals surface area contributed by atoms with Crippen molar-refractivity contribution in [2.45, 2.75) is 25.7 Å². The van der Waals surface area contributed by atoms with E-state index in [1.165, 1.54) is 0 Å². The molecule has 0 amide bonds. The highest BCUT2D eigenvalue weighted by molar-refractivity contribution is 8.13. The number of rotatable bonds is 4. The van der Waals surface area contributed by atoms with E-state index < -0.39 is 9.05 Å². The summed E-state index contributed by atoms with van der Waals surface area (Å²) in [5, 5.41) is 0. The predicted octanol–water partition coefficient (Wildman–Crippen LogP) is 3.19. The first-order chi connectivity index (χ1) is 7.71. The van der Waals surface area contributed by atoms with Crippen molar-refractivity contribution in [1.29, 1.82) is 0 Å². The van der Waals surface area contributed by atoms with E-state index in [1.807, 2.05) is 6.92 Å². The fourth-order valence-corrected chi connectivity index (χ4v) is 3.20. The normalized spacial score (nSPS) is 11.3. The van der Waals surface area contributed by atoms with Gasteiger partial charge in [-0.2, -0.15) is 0 Å². The fourth-order valence-electron chi connectivity index (χ4n) is 1.58. The maximum atomic E-state index is 11.4. The van der Waals surface area contributed by atoms with Gasteiger partial charge in [-0.15, -0.1) is 0 Å². The van der Waals surface area contributed by atoms with Crippen molar-refractivity contribution in [2.75, 3.05) is 6.61 Å². The van der Waals surface area contributed by atoms with E-state index in [9.17, 15) is 8.42 Å². The van der Waals surface area contributed by atoms with Crippen molar-refractivity contribution in [1.82, 2.24) is 0 Å². The highest BCUT2D eigenvalue weighted by Crippen LogP contribution is 2.28. The summed E-state index contributed by atoms with van der Waals surface area (Å²) in [6.07, 6.45) is 0. The Labute approximate surface area is 106 Å². The smallest absolute Gasteiger partial charge is 0.261 e. The Hall–Kier alpha value is -1.00. The van der Waals surface area contributed by atoms with Crippen LogP contribution in [0, 0.1) is 13.8 Å². The number of hydrogen-bond acceptors (Lipinski definition) is 3. The lowest BCUT2D eigenvalue weighted by molar-refractivity contribution is 0.352. The minimum absolute atomic E-state index is 0.154. The van der Waals surface area contributed by atoms with Gasteiger partial charge in [0.05, 0.1) is 4.90 Å². The van der Waals surface area contributed by atoms with E-state index in [0.717, 1.165) is 5.57 Å². The van der Waals surface area contributed by atoms with Gasteiger partial charge in [-0.1, -0.05) is 6.58 Å². The highest BCUT2D eigenvalue weighted by Gasteiger charge is 2.17. The van der Waals surface area contributed by atoms with Gasteiger partial charge in [-0.25, -0.2) is 8.42 Å². The van der Waals surface area contributed by atoms with Crippen molar-refractivity contribution in [2.24, 2.45) is 0 Å². The van der Waals surface area contributed by atoms with Gasteiger partial charge in [0, 0.05) is 10.7 Å². The largest absolute Gasteiger partial charge is 0.489 e. The van der Waals surface area contributed by atoms with Crippen molar-refractivity contribution in [3.63, 3.8) is 0 Å². The Morgan fingerprint density at radius 2 is 1.82 bits per heavy atom. The zero-order valence-corrected chi connectivity index (χ0v) is 11.7. The average molecular weight is 275 g/mol. The van der Waals surface area contributed by atoms with Crippen molar-refractivity contribution < 1.29 is 13.2 Å². The molecule has 17 heavy (non-hydrogen) atoms. The SMILES string of the molecule is C=C(C)COc1cc(C)c(S(=O)(=O)Cl)c(C)c1. The first-order valence-electron chi connectivity index (χ1n) is 5.05. The average Bonchev–Trinajstić information content (AvgIpc) is 2.11. The second kappa shape index (κ2) is 5.10. The molecule has 1 rings (SSSR count). The van der Waals surface area contributed by atoms with Gasteiger partial charge in [0.2, 0.25) is 0 Å². The number of aryl methyl sites for hydroxylation is 2. The molecule has 0 fully saturated rings. The monoisotopic (exact) mass is 274 g/mol. The molecule has 5 heteroatoms. The zero-order chi connectivity index (χ0) is 13.2. The summed E-state index contributed by atoms with van der Waals surface area (Å²) in [5.74, 6) is 0.618. The summed E-state index contributed by atoms with van der Waals surface area (Å²) in [5.41, 5.74) is 2.06. The first-order valence-corrected chi connectivity index (χ1v) is 7.36. The molecular weight excluding hydrogens is 260 g/mol. The lowest BCUT2D eigenvalue weighted by Crippen LogP contribution is -2.02. The minimum Gasteiger partial charge on any atom is -0.489 e. The lowest BCUT2D eigenvalue weighted by Gasteiger charge is -2.11. The third-order valence-electron chi connectivity index (χ3n) is 2.16. The van der Waals surface area contributed by atoms with Crippen LogP contribution in [0.2, 0.25) is 0 Å². The third kappa shape index (κ3) is 3.75. The second-order valence-electron chi connectivity index (χ2n) is 4.07. The van der Waals surface area contributed by atoms with Crippen LogP contribution in [0.1, 0.15) is 18.1 Å². The molecular formula is C12H15ClO3S. The second-order valence-corrected chi connectivity index (χ2v) is 6.57. The van der Waals surface area contributed by atoms with Gasteiger partial charge in [0.1, 0.15) is 12.4 Å². The number of hydrogen-bond donors (Lipinski definition) is 0. The standard InChI is InChI=1S/C12H15ClO3S/c1-8(2)7-16-11-5-9(3)12(10(4)6-11)17(13,14)15/h5-6H,1,7H2,2-4H3. The number of ether oxygens (including phenoxy) is 1. The summed E-state index contributed by atoms with van der Waals surface area (Å²) < 4.78 is 28.2. The lowest BCUT2D eigenvalue weighted by atomic mass is 10.1. The van der Waals surface area contributed by atoms with Crippen molar-refractivity contribution >= 4 is 19.7 Å². The van der Waals surface area contributed by atoms with Gasteiger partial charge in [0.15, 0.2) is 0 Å². The van der Waals surface area contributed by atoms with Crippen LogP contribution in [-0.4, -0.2) is 15.0 Å². The van der Waals surface area contributed by atoms with Crippen LogP contribution in [0.4, 0.5) is 0 Å². The number of halogens is 1. The van der Waals surface area contributed by atoms with Crippen LogP contribution in [0.25, 0.3) is 0 Å². The fraction of sp³-hybridized carbons (Fsp3) is 0.333. The van der Waals surface area contributed by atoms with Crippen LogP contribution < -0.4 is 4.74 Å². The Balaban J connectivity index is 3.15. The molecule has 0 N–H and O–H groups in total. The molecule has 0 aliphatic rings. The Morgan fingerprint density at radius 3 is 2.18 bits per heavy atom. The number of benzene rings is 1. The van der Waals surface area contributed by atoms with Crippen LogP contribution in [-0.2, 0) is 9.05 Å². The third-order valence-corrected chi connectivity index (χ3v) is 3.76. The van der Waals surface area contributed by atoms with Crippen LogP contribution in [0.3, 0.4) is 0 Å². The van der Waals surface area contributed by atoms with E-state index in [0.29, 0.717) is 23.5 Å². The van der Waals surface area contributed by atoms with Crippen LogP contribution >= 0.6 is 10.7 Å². The quantitative estimate of drug-likeness (QED) is 0.626. The molecule has 0 aliphatic carbocycles. The Morgan fingerprint density at radius 1 is 1.35 bits per heavy atom. The molecule has 0 atom stereocenters. The molecule has 1 aromatic rings. The van der Waals surface area contributed by atoms with Gasteiger partial charge in [-0.05, 0) is 49.6 Å². The molecule has 0 saturated carbocycles.